The van der Waals surface area contributed by atoms with Crippen LogP contribution in [0.5, 0.6) is 0 Å². The van der Waals surface area contributed by atoms with Gasteiger partial charge in [0.2, 0.25) is 0 Å². The molecule has 0 bridgehead atoms. The van der Waals surface area contributed by atoms with Crippen LogP contribution in [-0.2, 0) is 0 Å². The molecule has 2 aliphatic carbocycles. The standard InChI is InChI=1S/C10H18O3/c1-6-4-5-7-8(2,3)9(7,11)10(6,12)13/h6-7,11-13H,4-5H2,1-3H3. The Morgan fingerprint density at radius 2 is 1.62 bits per heavy atom. The first-order valence-corrected chi connectivity index (χ1v) is 4.93. The minimum Gasteiger partial charge on any atom is -0.383 e. The van der Waals surface area contributed by atoms with Crippen LogP contribution >= 0.6 is 0 Å². The van der Waals surface area contributed by atoms with Crippen LogP contribution in [0.4, 0.5) is 0 Å². The Labute approximate surface area is 78.4 Å². The summed E-state index contributed by atoms with van der Waals surface area (Å²) in [6.45, 7) is 5.58. The van der Waals surface area contributed by atoms with Crippen molar-refractivity contribution in [3.05, 3.63) is 0 Å². The molecule has 0 saturated heterocycles. The molecular weight excluding hydrogens is 168 g/mol. The summed E-state index contributed by atoms with van der Waals surface area (Å²) in [5.74, 6) is -2.10. The SMILES string of the molecule is CC1CCC2C(C)(C)C2(O)C1(O)O. The molecule has 3 nitrogen and oxygen atoms in total. The molecule has 0 aliphatic heterocycles. The van der Waals surface area contributed by atoms with Crippen molar-refractivity contribution >= 4 is 0 Å². The summed E-state index contributed by atoms with van der Waals surface area (Å²) in [7, 11) is 0. The van der Waals surface area contributed by atoms with E-state index in [0.29, 0.717) is 0 Å². The van der Waals surface area contributed by atoms with E-state index >= 15 is 0 Å². The summed E-state index contributed by atoms with van der Waals surface area (Å²) in [6, 6.07) is 0. The molecule has 0 radical (unpaired) electrons. The first-order valence-electron chi connectivity index (χ1n) is 4.93. The number of aliphatic hydroxyl groups is 3. The second kappa shape index (κ2) is 2.10. The fourth-order valence-corrected chi connectivity index (χ4v) is 3.14. The van der Waals surface area contributed by atoms with E-state index < -0.39 is 11.4 Å². The normalized spacial score (nSPS) is 51.2. The van der Waals surface area contributed by atoms with Gasteiger partial charge in [-0.15, -0.1) is 0 Å². The van der Waals surface area contributed by atoms with Crippen molar-refractivity contribution in [1.82, 2.24) is 0 Å². The van der Waals surface area contributed by atoms with Crippen LogP contribution in [0.2, 0.25) is 0 Å². The highest BCUT2D eigenvalue weighted by Crippen LogP contribution is 2.71. The molecule has 0 heterocycles. The second-order valence-corrected chi connectivity index (χ2v) is 5.25. The van der Waals surface area contributed by atoms with Gasteiger partial charge in [-0.05, 0) is 12.8 Å². The molecule has 13 heavy (non-hydrogen) atoms. The number of hydrogen-bond donors (Lipinski definition) is 3. The van der Waals surface area contributed by atoms with E-state index in [9.17, 15) is 15.3 Å². The Morgan fingerprint density at radius 3 is 2.08 bits per heavy atom. The van der Waals surface area contributed by atoms with Gasteiger partial charge in [0.1, 0.15) is 5.60 Å². The lowest BCUT2D eigenvalue weighted by Crippen LogP contribution is -2.54. The van der Waals surface area contributed by atoms with E-state index in [0.717, 1.165) is 12.8 Å². The van der Waals surface area contributed by atoms with Gasteiger partial charge in [-0.25, -0.2) is 0 Å². The van der Waals surface area contributed by atoms with E-state index in [-0.39, 0.29) is 17.3 Å². The fourth-order valence-electron chi connectivity index (χ4n) is 3.14. The van der Waals surface area contributed by atoms with Gasteiger partial charge < -0.3 is 15.3 Å². The summed E-state index contributed by atoms with van der Waals surface area (Å²) in [5.41, 5.74) is -1.63. The highest BCUT2D eigenvalue weighted by atomic mass is 16.5. The molecule has 0 aromatic carbocycles. The molecule has 3 atom stereocenters. The van der Waals surface area contributed by atoms with Crippen LogP contribution in [0.15, 0.2) is 0 Å². The zero-order valence-electron chi connectivity index (χ0n) is 8.41. The molecular formula is C10H18O3. The highest BCUT2D eigenvalue weighted by molar-refractivity contribution is 5.27. The van der Waals surface area contributed by atoms with E-state index in [1.54, 1.807) is 6.92 Å². The first-order chi connectivity index (χ1) is 5.76. The minimum atomic E-state index is -1.90. The van der Waals surface area contributed by atoms with Crippen LogP contribution < -0.4 is 0 Å². The Kier molecular flexibility index (Phi) is 1.52. The number of hydrogen-bond acceptors (Lipinski definition) is 3. The molecule has 3 N–H and O–H groups in total. The molecule has 2 saturated carbocycles. The average molecular weight is 186 g/mol. The number of rotatable bonds is 0. The van der Waals surface area contributed by atoms with Crippen molar-refractivity contribution in [2.45, 2.75) is 45.0 Å². The van der Waals surface area contributed by atoms with Crippen molar-refractivity contribution in [2.24, 2.45) is 17.3 Å². The molecule has 76 valence electrons. The summed E-state index contributed by atoms with van der Waals surface area (Å²) in [4.78, 5) is 0. The van der Waals surface area contributed by atoms with Crippen LogP contribution in [0.3, 0.4) is 0 Å². The predicted octanol–water partition coefficient (Wildman–Crippen LogP) is 0.484. The van der Waals surface area contributed by atoms with Crippen LogP contribution in [0.1, 0.15) is 33.6 Å². The Bertz CT molecular complexity index is 247. The van der Waals surface area contributed by atoms with Gasteiger partial charge in [0.25, 0.3) is 0 Å². The molecule has 0 spiro atoms. The monoisotopic (exact) mass is 186 g/mol. The lowest BCUT2D eigenvalue weighted by molar-refractivity contribution is -0.287. The van der Waals surface area contributed by atoms with Gasteiger partial charge in [-0.2, -0.15) is 0 Å². The van der Waals surface area contributed by atoms with Crippen molar-refractivity contribution in [2.75, 3.05) is 0 Å². The first kappa shape index (κ1) is 9.44. The van der Waals surface area contributed by atoms with Gasteiger partial charge >= 0.3 is 0 Å². The maximum atomic E-state index is 10.2. The molecule has 3 unspecified atom stereocenters. The van der Waals surface area contributed by atoms with Crippen molar-refractivity contribution in [3.8, 4) is 0 Å². The predicted molar refractivity (Wildman–Crippen MR) is 47.8 cm³/mol. The molecule has 0 aromatic heterocycles. The van der Waals surface area contributed by atoms with Crippen LogP contribution in [0.25, 0.3) is 0 Å². The van der Waals surface area contributed by atoms with Gasteiger partial charge in [-0.1, -0.05) is 20.8 Å². The van der Waals surface area contributed by atoms with E-state index in [4.69, 9.17) is 0 Å². The quantitative estimate of drug-likeness (QED) is 0.482. The fraction of sp³-hybridized carbons (Fsp3) is 1.00. The molecule has 0 aromatic rings. The molecule has 2 rings (SSSR count). The van der Waals surface area contributed by atoms with Gasteiger partial charge in [-0.3, -0.25) is 0 Å². The Hall–Kier alpha value is -0.120. The molecule has 2 fully saturated rings. The lowest BCUT2D eigenvalue weighted by Gasteiger charge is -2.38. The van der Waals surface area contributed by atoms with E-state index in [1.807, 2.05) is 13.8 Å². The van der Waals surface area contributed by atoms with Crippen molar-refractivity contribution in [1.29, 1.82) is 0 Å². The summed E-state index contributed by atoms with van der Waals surface area (Å²) in [6.07, 6.45) is 1.68. The number of fused-ring (bicyclic) bond motifs is 1. The molecule has 0 amide bonds. The third-order valence-electron chi connectivity index (χ3n) is 4.41. The molecule has 2 aliphatic rings. The molecule has 3 heteroatoms. The van der Waals surface area contributed by atoms with Gasteiger partial charge in [0.15, 0.2) is 5.79 Å². The summed E-state index contributed by atoms with van der Waals surface area (Å²) < 4.78 is 0. The van der Waals surface area contributed by atoms with E-state index in [1.165, 1.54) is 0 Å². The topological polar surface area (TPSA) is 60.7 Å². The highest BCUT2D eigenvalue weighted by Gasteiger charge is 2.81. The third-order valence-corrected chi connectivity index (χ3v) is 4.41. The summed E-state index contributed by atoms with van der Waals surface area (Å²) >= 11 is 0. The maximum Gasteiger partial charge on any atom is 0.195 e. The Morgan fingerprint density at radius 1 is 1.08 bits per heavy atom. The smallest absolute Gasteiger partial charge is 0.195 e. The van der Waals surface area contributed by atoms with E-state index in [2.05, 4.69) is 0 Å². The Balaban J connectivity index is 2.38. The average Bonchev–Trinajstić information content (AvgIpc) is 2.43. The van der Waals surface area contributed by atoms with Crippen molar-refractivity contribution < 1.29 is 15.3 Å². The minimum absolute atomic E-state index is 0.0474. The second-order valence-electron chi connectivity index (χ2n) is 5.25. The van der Waals surface area contributed by atoms with Crippen LogP contribution in [-0.4, -0.2) is 26.7 Å². The maximum absolute atomic E-state index is 10.2. The third kappa shape index (κ3) is 0.767. The van der Waals surface area contributed by atoms with Gasteiger partial charge in [0.05, 0.1) is 0 Å². The van der Waals surface area contributed by atoms with Gasteiger partial charge in [0, 0.05) is 17.3 Å². The van der Waals surface area contributed by atoms with Crippen LogP contribution in [0, 0.1) is 17.3 Å². The zero-order valence-corrected chi connectivity index (χ0v) is 8.41. The zero-order chi connectivity index (χ0) is 10.1. The largest absolute Gasteiger partial charge is 0.383 e. The van der Waals surface area contributed by atoms with Crippen molar-refractivity contribution in [3.63, 3.8) is 0 Å². The summed E-state index contributed by atoms with van der Waals surface area (Å²) in [5, 5.41) is 29.9. The lowest BCUT2D eigenvalue weighted by atomic mass is 9.82.